The van der Waals surface area contributed by atoms with Gasteiger partial charge in [0.15, 0.2) is 0 Å². The molecule has 1 rings (SSSR count). The molecule has 18 heavy (non-hydrogen) atoms. The number of carbonyl (C=O) groups excluding carboxylic acids is 1. The number of methoxy groups -OCH3 is 1. The minimum Gasteiger partial charge on any atom is -0.494 e. The topological polar surface area (TPSA) is 35.5 Å². The number of rotatable bonds is 7. The van der Waals surface area contributed by atoms with Crippen molar-refractivity contribution >= 4 is 21.9 Å². The van der Waals surface area contributed by atoms with Crippen molar-refractivity contribution in [2.24, 2.45) is 0 Å². The van der Waals surface area contributed by atoms with Crippen LogP contribution in [-0.2, 0) is 16.0 Å². The van der Waals surface area contributed by atoms with Gasteiger partial charge < -0.3 is 9.47 Å². The highest BCUT2D eigenvalue weighted by Gasteiger charge is 2.14. The van der Waals surface area contributed by atoms with Crippen molar-refractivity contribution in [1.29, 1.82) is 0 Å². The number of ether oxygens (including phenoxy) is 2. The molecule has 1 aromatic rings. The molecule has 0 aliphatic carbocycles. The second kappa shape index (κ2) is 8.14. The number of alkyl halides is 1. The van der Waals surface area contributed by atoms with E-state index in [1.165, 1.54) is 12.7 Å². The molecule has 1 unspecified atom stereocenters. The van der Waals surface area contributed by atoms with E-state index >= 15 is 0 Å². The van der Waals surface area contributed by atoms with Crippen LogP contribution >= 0.6 is 15.9 Å². The van der Waals surface area contributed by atoms with Gasteiger partial charge in [-0.25, -0.2) is 0 Å². The predicted octanol–water partition coefficient (Wildman–Crippen LogP) is 3.34. The summed E-state index contributed by atoms with van der Waals surface area (Å²) in [6, 6.07) is 8.08. The maximum Gasteiger partial charge on any atom is 0.319 e. The van der Waals surface area contributed by atoms with E-state index in [1.807, 2.05) is 19.1 Å². The Hall–Kier alpha value is -1.03. The molecule has 0 saturated heterocycles. The Morgan fingerprint density at radius 2 is 2.00 bits per heavy atom. The monoisotopic (exact) mass is 314 g/mol. The first-order valence-corrected chi connectivity index (χ1v) is 7.02. The molecule has 100 valence electrons. The largest absolute Gasteiger partial charge is 0.494 e. The van der Waals surface area contributed by atoms with Gasteiger partial charge in [-0.2, -0.15) is 0 Å². The van der Waals surface area contributed by atoms with E-state index in [1.54, 1.807) is 0 Å². The summed E-state index contributed by atoms with van der Waals surface area (Å²) in [5.74, 6) is 0.691. The first-order chi connectivity index (χ1) is 8.67. The standard InChI is InChI=1S/C14H19BrO3/c1-3-18-12-9-7-11(8-10-12)5-4-6-13(15)14(16)17-2/h7-10,13H,3-6H2,1-2H3. The average molecular weight is 315 g/mol. The molecule has 3 nitrogen and oxygen atoms in total. The lowest BCUT2D eigenvalue weighted by atomic mass is 10.1. The third-order valence-corrected chi connectivity index (χ3v) is 3.45. The molecule has 0 aliphatic heterocycles. The Bertz CT molecular complexity index is 362. The first-order valence-electron chi connectivity index (χ1n) is 6.11. The highest BCUT2D eigenvalue weighted by Crippen LogP contribution is 2.16. The van der Waals surface area contributed by atoms with Crippen LogP contribution in [0.3, 0.4) is 0 Å². The van der Waals surface area contributed by atoms with Crippen LogP contribution in [0.1, 0.15) is 25.3 Å². The number of aryl methyl sites for hydroxylation is 1. The van der Waals surface area contributed by atoms with Crippen LogP contribution in [0.5, 0.6) is 5.75 Å². The van der Waals surface area contributed by atoms with Gasteiger partial charge in [0.2, 0.25) is 0 Å². The summed E-state index contributed by atoms with van der Waals surface area (Å²) < 4.78 is 10.0. The molecule has 0 saturated carbocycles. The molecule has 0 bridgehead atoms. The predicted molar refractivity (Wildman–Crippen MR) is 75.3 cm³/mol. The van der Waals surface area contributed by atoms with Crippen LogP contribution in [0.2, 0.25) is 0 Å². The van der Waals surface area contributed by atoms with Crippen LogP contribution in [0.4, 0.5) is 0 Å². The SMILES string of the molecule is CCOc1ccc(CCCC(Br)C(=O)OC)cc1. The third kappa shape index (κ3) is 5.08. The maximum absolute atomic E-state index is 11.2. The van der Waals surface area contributed by atoms with Crippen LogP contribution in [-0.4, -0.2) is 24.5 Å². The molecule has 0 aliphatic rings. The van der Waals surface area contributed by atoms with E-state index in [4.69, 9.17) is 4.74 Å². The summed E-state index contributed by atoms with van der Waals surface area (Å²) in [6.45, 7) is 2.65. The molecular formula is C14H19BrO3. The fraction of sp³-hybridized carbons (Fsp3) is 0.500. The molecule has 0 fully saturated rings. The number of esters is 1. The maximum atomic E-state index is 11.2. The second-order valence-electron chi connectivity index (χ2n) is 3.96. The fourth-order valence-corrected chi connectivity index (χ4v) is 2.16. The Morgan fingerprint density at radius 1 is 1.33 bits per heavy atom. The lowest BCUT2D eigenvalue weighted by molar-refractivity contribution is -0.139. The summed E-state index contributed by atoms with van der Waals surface area (Å²) in [5, 5.41) is 0. The summed E-state index contributed by atoms with van der Waals surface area (Å²) in [4.78, 5) is 11.0. The Balaban J connectivity index is 2.33. The Labute approximate surface area is 117 Å². The summed E-state index contributed by atoms with van der Waals surface area (Å²) in [5.41, 5.74) is 1.25. The van der Waals surface area contributed by atoms with Crippen molar-refractivity contribution in [3.63, 3.8) is 0 Å². The zero-order valence-corrected chi connectivity index (χ0v) is 12.4. The second-order valence-corrected chi connectivity index (χ2v) is 5.07. The van der Waals surface area contributed by atoms with Crippen LogP contribution in [0.25, 0.3) is 0 Å². The van der Waals surface area contributed by atoms with E-state index in [0.717, 1.165) is 25.0 Å². The number of benzene rings is 1. The minimum atomic E-state index is -0.207. The summed E-state index contributed by atoms with van der Waals surface area (Å²) in [6.07, 6.45) is 2.67. The third-order valence-electron chi connectivity index (χ3n) is 2.61. The van der Waals surface area contributed by atoms with Gasteiger partial charge in [-0.1, -0.05) is 28.1 Å². The van der Waals surface area contributed by atoms with Crippen molar-refractivity contribution in [2.45, 2.75) is 31.0 Å². The highest BCUT2D eigenvalue weighted by molar-refractivity contribution is 9.10. The normalized spacial score (nSPS) is 11.9. The molecule has 0 N–H and O–H groups in total. The Kier molecular flexibility index (Phi) is 6.80. The number of halogens is 1. The van der Waals surface area contributed by atoms with E-state index in [0.29, 0.717) is 6.61 Å². The molecule has 1 atom stereocenters. The first kappa shape index (κ1) is 15.0. The molecule has 0 aromatic heterocycles. The van der Waals surface area contributed by atoms with E-state index in [2.05, 4.69) is 32.8 Å². The zero-order chi connectivity index (χ0) is 13.4. The lowest BCUT2D eigenvalue weighted by Crippen LogP contribution is -2.15. The summed E-state index contributed by atoms with van der Waals surface area (Å²) >= 11 is 3.31. The van der Waals surface area contributed by atoms with Gasteiger partial charge in [0.25, 0.3) is 0 Å². The van der Waals surface area contributed by atoms with E-state index in [9.17, 15) is 4.79 Å². The van der Waals surface area contributed by atoms with E-state index < -0.39 is 0 Å². The van der Waals surface area contributed by atoms with Crippen molar-refractivity contribution < 1.29 is 14.3 Å². The minimum absolute atomic E-state index is 0.204. The molecule has 1 aromatic carbocycles. The summed E-state index contributed by atoms with van der Waals surface area (Å²) in [7, 11) is 1.41. The number of hydrogen-bond donors (Lipinski definition) is 0. The molecule has 0 amide bonds. The quantitative estimate of drug-likeness (QED) is 0.572. The smallest absolute Gasteiger partial charge is 0.319 e. The molecule has 0 radical (unpaired) electrons. The van der Waals surface area contributed by atoms with Gasteiger partial charge in [0.1, 0.15) is 10.6 Å². The van der Waals surface area contributed by atoms with Crippen LogP contribution < -0.4 is 4.74 Å². The van der Waals surface area contributed by atoms with Crippen LogP contribution in [0.15, 0.2) is 24.3 Å². The van der Waals surface area contributed by atoms with Crippen LogP contribution in [0, 0.1) is 0 Å². The van der Waals surface area contributed by atoms with Crippen molar-refractivity contribution in [3.8, 4) is 5.75 Å². The molecule has 4 heteroatoms. The van der Waals surface area contributed by atoms with E-state index in [-0.39, 0.29) is 10.8 Å². The molecule has 0 spiro atoms. The van der Waals surface area contributed by atoms with Gasteiger partial charge in [-0.3, -0.25) is 4.79 Å². The highest BCUT2D eigenvalue weighted by atomic mass is 79.9. The molecule has 0 heterocycles. The van der Waals surface area contributed by atoms with Gasteiger partial charge in [-0.05, 0) is 43.9 Å². The fourth-order valence-electron chi connectivity index (χ4n) is 1.65. The number of hydrogen-bond acceptors (Lipinski definition) is 3. The van der Waals surface area contributed by atoms with Gasteiger partial charge in [-0.15, -0.1) is 0 Å². The van der Waals surface area contributed by atoms with Crippen molar-refractivity contribution in [3.05, 3.63) is 29.8 Å². The average Bonchev–Trinajstić information content (AvgIpc) is 2.40. The molecular weight excluding hydrogens is 296 g/mol. The van der Waals surface area contributed by atoms with Gasteiger partial charge in [0, 0.05) is 0 Å². The van der Waals surface area contributed by atoms with Gasteiger partial charge in [0.05, 0.1) is 13.7 Å². The number of carbonyl (C=O) groups is 1. The van der Waals surface area contributed by atoms with Crippen molar-refractivity contribution in [1.82, 2.24) is 0 Å². The zero-order valence-electron chi connectivity index (χ0n) is 10.8. The Morgan fingerprint density at radius 3 is 2.56 bits per heavy atom. The van der Waals surface area contributed by atoms with Crippen molar-refractivity contribution in [2.75, 3.05) is 13.7 Å². The lowest BCUT2D eigenvalue weighted by Gasteiger charge is -2.08. The van der Waals surface area contributed by atoms with Gasteiger partial charge >= 0.3 is 5.97 Å².